The molecule has 3 aromatic rings. The van der Waals surface area contributed by atoms with Crippen molar-refractivity contribution in [1.29, 1.82) is 0 Å². The van der Waals surface area contributed by atoms with Gasteiger partial charge in [0.25, 0.3) is 5.91 Å². The highest BCUT2D eigenvalue weighted by molar-refractivity contribution is 6.04. The maximum atomic E-state index is 12.5. The molecule has 0 unspecified atom stereocenters. The lowest BCUT2D eigenvalue weighted by atomic mass is 10.1. The molecule has 7 nitrogen and oxygen atoms in total. The Kier molecular flexibility index (Phi) is 5.90. The summed E-state index contributed by atoms with van der Waals surface area (Å²) in [6, 6.07) is 18.7. The number of methoxy groups -OCH3 is 1. The van der Waals surface area contributed by atoms with Crippen LogP contribution in [-0.4, -0.2) is 56.4 Å². The van der Waals surface area contributed by atoms with Gasteiger partial charge in [-0.05, 0) is 42.5 Å². The lowest BCUT2D eigenvalue weighted by Gasteiger charge is -2.30. The summed E-state index contributed by atoms with van der Waals surface area (Å²) in [7, 11) is 3.80. The number of nitrogens with one attached hydrogen (secondary N) is 2. The Labute approximate surface area is 176 Å². The number of carbonyl (C=O) groups excluding carboxylic acids is 1. The summed E-state index contributed by atoms with van der Waals surface area (Å²) in [5, 5.41) is 11.7. The molecule has 1 amide bonds. The van der Waals surface area contributed by atoms with Crippen LogP contribution in [0.25, 0.3) is 11.3 Å². The van der Waals surface area contributed by atoms with Crippen LogP contribution in [0.3, 0.4) is 0 Å². The minimum Gasteiger partial charge on any atom is -0.497 e. The quantitative estimate of drug-likeness (QED) is 0.678. The molecule has 0 bridgehead atoms. The zero-order chi connectivity index (χ0) is 20.9. The number of anilines is 2. The molecule has 1 aromatic heterocycles. The van der Waals surface area contributed by atoms with Crippen LogP contribution in [0.15, 0.2) is 60.7 Å². The molecule has 0 spiro atoms. The number of likely N-dealkylation sites (N-methyl/N-ethyl adjacent to an activating group) is 1. The molecule has 0 atom stereocenters. The van der Waals surface area contributed by atoms with Gasteiger partial charge in [-0.15, -0.1) is 10.2 Å². The van der Waals surface area contributed by atoms with E-state index in [0.717, 1.165) is 48.9 Å². The maximum absolute atomic E-state index is 12.5. The van der Waals surface area contributed by atoms with E-state index in [1.165, 1.54) is 0 Å². The second kappa shape index (κ2) is 8.92. The van der Waals surface area contributed by atoms with E-state index in [-0.39, 0.29) is 5.91 Å². The van der Waals surface area contributed by atoms with Crippen LogP contribution in [0.1, 0.15) is 10.4 Å². The molecule has 1 saturated heterocycles. The highest BCUT2D eigenvalue weighted by Gasteiger charge is 2.18. The second-order valence-corrected chi connectivity index (χ2v) is 7.48. The SMILES string of the molecule is COc1cccc(C(=O)Nc2ccc(-c3ccc(N4CC[NH+](C)CC4)nn3)cc2)c1. The molecule has 0 aliphatic carbocycles. The monoisotopic (exact) mass is 404 g/mol. The van der Waals surface area contributed by atoms with E-state index >= 15 is 0 Å². The minimum absolute atomic E-state index is 0.181. The smallest absolute Gasteiger partial charge is 0.255 e. The number of hydrogen-bond acceptors (Lipinski definition) is 5. The number of piperazine rings is 1. The summed E-state index contributed by atoms with van der Waals surface area (Å²) in [6.07, 6.45) is 0. The van der Waals surface area contributed by atoms with Crippen LogP contribution >= 0.6 is 0 Å². The molecule has 2 aromatic carbocycles. The number of hydrogen-bond donors (Lipinski definition) is 2. The molecule has 2 N–H and O–H groups in total. The van der Waals surface area contributed by atoms with Gasteiger partial charge in [-0.2, -0.15) is 0 Å². The molecule has 2 heterocycles. The Morgan fingerprint density at radius 2 is 1.80 bits per heavy atom. The lowest BCUT2D eigenvalue weighted by molar-refractivity contribution is -0.880. The second-order valence-electron chi connectivity index (χ2n) is 7.48. The third-order valence-corrected chi connectivity index (χ3v) is 5.36. The minimum atomic E-state index is -0.181. The molecule has 1 aliphatic rings. The van der Waals surface area contributed by atoms with Crippen LogP contribution in [0.4, 0.5) is 11.5 Å². The molecular formula is C23H26N5O2+. The third kappa shape index (κ3) is 4.58. The first-order valence-corrected chi connectivity index (χ1v) is 10.1. The Balaban J connectivity index is 1.41. The van der Waals surface area contributed by atoms with Crippen molar-refractivity contribution in [3.63, 3.8) is 0 Å². The van der Waals surface area contributed by atoms with Crippen molar-refractivity contribution in [1.82, 2.24) is 10.2 Å². The summed E-state index contributed by atoms with van der Waals surface area (Å²) in [5.41, 5.74) is 3.03. The van der Waals surface area contributed by atoms with Crippen molar-refractivity contribution >= 4 is 17.4 Å². The number of aromatic nitrogens is 2. The van der Waals surface area contributed by atoms with Crippen molar-refractivity contribution < 1.29 is 14.4 Å². The number of nitrogens with zero attached hydrogens (tertiary/aromatic N) is 3. The molecule has 4 rings (SSSR count). The van der Waals surface area contributed by atoms with Crippen molar-refractivity contribution in [2.75, 3.05) is 50.6 Å². The molecule has 7 heteroatoms. The predicted octanol–water partition coefficient (Wildman–Crippen LogP) is 1.74. The number of quaternary nitrogens is 1. The fourth-order valence-electron chi connectivity index (χ4n) is 3.46. The Hall–Kier alpha value is -3.45. The fraction of sp³-hybridized carbons (Fsp3) is 0.261. The van der Waals surface area contributed by atoms with E-state index < -0.39 is 0 Å². The molecule has 1 aliphatic heterocycles. The Morgan fingerprint density at radius 3 is 2.47 bits per heavy atom. The van der Waals surface area contributed by atoms with Crippen molar-refractivity contribution in [2.24, 2.45) is 0 Å². The average Bonchev–Trinajstić information content (AvgIpc) is 2.80. The van der Waals surface area contributed by atoms with Crippen LogP contribution in [0, 0.1) is 0 Å². The average molecular weight is 404 g/mol. The van der Waals surface area contributed by atoms with Gasteiger partial charge in [-0.3, -0.25) is 4.79 Å². The molecule has 1 fully saturated rings. The van der Waals surface area contributed by atoms with Crippen molar-refractivity contribution in [3.8, 4) is 17.0 Å². The van der Waals surface area contributed by atoms with Gasteiger partial charge in [0.15, 0.2) is 5.82 Å². The van der Waals surface area contributed by atoms with Gasteiger partial charge >= 0.3 is 0 Å². The maximum Gasteiger partial charge on any atom is 0.255 e. The van der Waals surface area contributed by atoms with Crippen molar-refractivity contribution in [2.45, 2.75) is 0 Å². The van der Waals surface area contributed by atoms with Gasteiger partial charge in [0.05, 0.1) is 46.0 Å². The van der Waals surface area contributed by atoms with Gasteiger partial charge in [0.1, 0.15) is 5.75 Å². The molecule has 154 valence electrons. The van der Waals surface area contributed by atoms with E-state index in [0.29, 0.717) is 11.3 Å². The van der Waals surface area contributed by atoms with Gasteiger partial charge < -0.3 is 19.9 Å². The van der Waals surface area contributed by atoms with Crippen LogP contribution in [0.5, 0.6) is 5.75 Å². The topological polar surface area (TPSA) is 71.8 Å². The fourth-order valence-corrected chi connectivity index (χ4v) is 3.46. The van der Waals surface area contributed by atoms with Gasteiger partial charge in [-0.25, -0.2) is 0 Å². The molecular weight excluding hydrogens is 378 g/mol. The Bertz CT molecular complexity index is 997. The summed E-state index contributed by atoms with van der Waals surface area (Å²) >= 11 is 0. The highest BCUT2D eigenvalue weighted by Crippen LogP contribution is 2.21. The highest BCUT2D eigenvalue weighted by atomic mass is 16.5. The van der Waals surface area contributed by atoms with E-state index in [4.69, 9.17) is 4.74 Å². The molecule has 0 saturated carbocycles. The predicted molar refractivity (Wildman–Crippen MR) is 117 cm³/mol. The van der Waals surface area contributed by atoms with Crippen LogP contribution in [0.2, 0.25) is 0 Å². The normalized spacial score (nSPS) is 14.4. The summed E-state index contributed by atoms with van der Waals surface area (Å²) < 4.78 is 5.17. The Morgan fingerprint density at radius 1 is 1.03 bits per heavy atom. The van der Waals surface area contributed by atoms with Gasteiger partial charge in [0.2, 0.25) is 0 Å². The van der Waals surface area contributed by atoms with E-state index in [9.17, 15) is 4.79 Å². The first-order valence-electron chi connectivity index (χ1n) is 10.1. The first kappa shape index (κ1) is 19.8. The third-order valence-electron chi connectivity index (χ3n) is 5.36. The number of ether oxygens (including phenoxy) is 1. The summed E-state index contributed by atoms with van der Waals surface area (Å²) in [6.45, 7) is 4.24. The van der Waals surface area contributed by atoms with E-state index in [1.807, 2.05) is 42.5 Å². The lowest BCUT2D eigenvalue weighted by Crippen LogP contribution is -3.12. The zero-order valence-corrected chi connectivity index (χ0v) is 17.3. The number of rotatable bonds is 5. The van der Waals surface area contributed by atoms with E-state index in [2.05, 4.69) is 27.5 Å². The zero-order valence-electron chi connectivity index (χ0n) is 17.3. The first-order chi connectivity index (χ1) is 14.6. The van der Waals surface area contributed by atoms with Gasteiger partial charge in [0, 0.05) is 16.8 Å². The van der Waals surface area contributed by atoms with Crippen molar-refractivity contribution in [3.05, 3.63) is 66.2 Å². The standard InChI is InChI=1S/C23H25N5O2/c1-27-12-14-28(15-13-27)22-11-10-21(25-26-22)17-6-8-19(9-7-17)24-23(29)18-4-3-5-20(16-18)30-2/h3-11,16H,12-15H2,1-2H3,(H,24,29)/p+1. The summed E-state index contributed by atoms with van der Waals surface area (Å²) in [4.78, 5) is 16.3. The van der Waals surface area contributed by atoms with Crippen LogP contribution in [-0.2, 0) is 0 Å². The largest absolute Gasteiger partial charge is 0.497 e. The summed E-state index contributed by atoms with van der Waals surface area (Å²) in [5.74, 6) is 1.39. The molecule has 0 radical (unpaired) electrons. The molecule has 30 heavy (non-hydrogen) atoms. The number of carbonyl (C=O) groups is 1. The number of amides is 1. The van der Waals surface area contributed by atoms with Crippen LogP contribution < -0.4 is 19.9 Å². The van der Waals surface area contributed by atoms with Gasteiger partial charge in [-0.1, -0.05) is 18.2 Å². The van der Waals surface area contributed by atoms with E-state index in [1.54, 1.807) is 30.2 Å². The number of benzene rings is 2.